The average molecular weight is 431 g/mol. The van der Waals surface area contributed by atoms with Gasteiger partial charge in [0.05, 0.1) is 0 Å². The maximum atomic E-state index is 12.4. The van der Waals surface area contributed by atoms with Crippen molar-refractivity contribution in [2.75, 3.05) is 5.75 Å². The average Bonchev–Trinajstić information content (AvgIpc) is 2.83. The Kier molecular flexibility index (Phi) is 4.42. The summed E-state index contributed by atoms with van der Waals surface area (Å²) in [6, 6.07) is 9.43. The standard InChI is InChI=1S/C15H12ClIN2OS/c1-2-21-14(17)13(20)8-3-5-11-10(7-8)9-4-6-12(16)19-15(9)18-11/h3-7,14H,2H2,1H3,(H,18,19). The van der Waals surface area contributed by atoms with Gasteiger partial charge in [0, 0.05) is 21.9 Å². The lowest BCUT2D eigenvalue weighted by molar-refractivity contribution is 0.101. The van der Waals surface area contributed by atoms with Crippen LogP contribution < -0.4 is 0 Å². The summed E-state index contributed by atoms with van der Waals surface area (Å²) in [7, 11) is 0. The minimum absolute atomic E-state index is 0.0529. The summed E-state index contributed by atoms with van der Waals surface area (Å²) < 4.78 is -0.0529. The highest BCUT2D eigenvalue weighted by molar-refractivity contribution is 14.1. The molecule has 0 radical (unpaired) electrons. The molecule has 0 aliphatic heterocycles. The molecule has 3 nitrogen and oxygen atoms in total. The topological polar surface area (TPSA) is 45.8 Å². The Hall–Kier alpha value is -0.790. The maximum absolute atomic E-state index is 12.4. The first-order valence-corrected chi connectivity index (χ1v) is 9.15. The number of benzene rings is 1. The number of H-pyrrole nitrogens is 1. The first kappa shape index (κ1) is 15.1. The van der Waals surface area contributed by atoms with Gasteiger partial charge in [-0.1, -0.05) is 41.1 Å². The number of carbonyl (C=O) groups is 1. The normalized spacial score (nSPS) is 12.9. The van der Waals surface area contributed by atoms with Gasteiger partial charge in [0.25, 0.3) is 0 Å². The fraction of sp³-hybridized carbons (Fsp3) is 0.200. The van der Waals surface area contributed by atoms with Gasteiger partial charge >= 0.3 is 0 Å². The van der Waals surface area contributed by atoms with E-state index in [9.17, 15) is 4.79 Å². The van der Waals surface area contributed by atoms with Crippen LogP contribution in [0.1, 0.15) is 17.3 Å². The smallest absolute Gasteiger partial charge is 0.185 e. The fourth-order valence-electron chi connectivity index (χ4n) is 2.26. The highest BCUT2D eigenvalue weighted by Gasteiger charge is 2.17. The molecule has 3 rings (SSSR count). The Morgan fingerprint density at radius 3 is 2.95 bits per heavy atom. The molecule has 1 atom stereocenters. The predicted octanol–water partition coefficient (Wildman–Crippen LogP) is 5.07. The van der Waals surface area contributed by atoms with Crippen molar-refractivity contribution in [2.24, 2.45) is 0 Å². The summed E-state index contributed by atoms with van der Waals surface area (Å²) in [5.74, 6) is 1.08. The van der Waals surface area contributed by atoms with Crippen LogP contribution in [0.4, 0.5) is 0 Å². The van der Waals surface area contributed by atoms with Crippen molar-refractivity contribution in [1.82, 2.24) is 9.97 Å². The molecule has 1 unspecified atom stereocenters. The monoisotopic (exact) mass is 430 g/mol. The molecule has 0 fully saturated rings. The van der Waals surface area contributed by atoms with Gasteiger partial charge in [-0.15, -0.1) is 11.8 Å². The molecule has 0 amide bonds. The van der Waals surface area contributed by atoms with E-state index in [0.717, 1.165) is 33.3 Å². The maximum Gasteiger partial charge on any atom is 0.185 e. The van der Waals surface area contributed by atoms with Gasteiger partial charge in [0.2, 0.25) is 0 Å². The molecule has 3 aromatic rings. The zero-order valence-electron chi connectivity index (χ0n) is 11.2. The van der Waals surface area contributed by atoms with E-state index >= 15 is 0 Å². The van der Waals surface area contributed by atoms with E-state index in [1.807, 2.05) is 24.3 Å². The second-order valence-corrected chi connectivity index (χ2v) is 8.41. The number of alkyl halides is 1. The van der Waals surface area contributed by atoms with Crippen LogP contribution >= 0.6 is 46.0 Å². The summed E-state index contributed by atoms with van der Waals surface area (Å²) in [4.78, 5) is 19.9. The first-order chi connectivity index (χ1) is 10.1. The zero-order chi connectivity index (χ0) is 15.0. The van der Waals surface area contributed by atoms with E-state index < -0.39 is 0 Å². The number of aromatic amines is 1. The molecule has 0 aliphatic rings. The van der Waals surface area contributed by atoms with E-state index in [-0.39, 0.29) is 9.04 Å². The Balaban J connectivity index is 2.11. The summed E-state index contributed by atoms with van der Waals surface area (Å²) in [5, 5.41) is 2.44. The molecule has 1 N–H and O–H groups in total. The molecule has 108 valence electrons. The van der Waals surface area contributed by atoms with Crippen molar-refractivity contribution in [3.05, 3.63) is 41.0 Å². The van der Waals surface area contributed by atoms with Crippen LogP contribution in [0.3, 0.4) is 0 Å². The van der Waals surface area contributed by atoms with Gasteiger partial charge in [0.15, 0.2) is 5.78 Å². The first-order valence-electron chi connectivity index (χ1n) is 6.48. The van der Waals surface area contributed by atoms with Crippen LogP contribution in [0, 0.1) is 0 Å². The number of hydrogen-bond acceptors (Lipinski definition) is 3. The summed E-state index contributed by atoms with van der Waals surface area (Å²) >= 11 is 9.75. The lowest BCUT2D eigenvalue weighted by Crippen LogP contribution is -2.10. The number of nitrogens with one attached hydrogen (secondary N) is 1. The van der Waals surface area contributed by atoms with Crippen molar-refractivity contribution in [2.45, 2.75) is 10.2 Å². The van der Waals surface area contributed by atoms with Crippen molar-refractivity contribution >= 4 is 73.7 Å². The van der Waals surface area contributed by atoms with E-state index in [2.05, 4.69) is 39.5 Å². The molecule has 0 bridgehead atoms. The van der Waals surface area contributed by atoms with Gasteiger partial charge in [-0.3, -0.25) is 4.79 Å². The Labute approximate surface area is 145 Å². The number of nitrogens with zero attached hydrogens (tertiary/aromatic N) is 1. The number of halogens is 2. The molecular weight excluding hydrogens is 419 g/mol. The van der Waals surface area contributed by atoms with Crippen LogP contribution in [-0.2, 0) is 0 Å². The Bertz CT molecular complexity index is 833. The molecule has 0 spiro atoms. The number of aromatic nitrogens is 2. The number of pyridine rings is 1. The molecule has 2 aromatic heterocycles. The van der Waals surface area contributed by atoms with Crippen LogP contribution in [0.2, 0.25) is 5.15 Å². The third-order valence-electron chi connectivity index (χ3n) is 3.23. The number of thioether (sulfide) groups is 1. The number of Topliss-reactive ketones (excluding diaryl/α,β-unsaturated/α-hetero) is 1. The predicted molar refractivity (Wildman–Crippen MR) is 98.9 cm³/mol. The van der Waals surface area contributed by atoms with Crippen molar-refractivity contribution in [3.8, 4) is 0 Å². The van der Waals surface area contributed by atoms with E-state index in [4.69, 9.17) is 11.6 Å². The highest BCUT2D eigenvalue weighted by atomic mass is 127. The van der Waals surface area contributed by atoms with E-state index in [1.54, 1.807) is 17.8 Å². The fourth-order valence-corrected chi connectivity index (χ4v) is 4.42. The third-order valence-corrected chi connectivity index (χ3v) is 5.92. The number of ketones is 1. The lowest BCUT2D eigenvalue weighted by Gasteiger charge is -2.07. The third kappa shape index (κ3) is 2.91. The molecule has 0 saturated carbocycles. The summed E-state index contributed by atoms with van der Waals surface area (Å²) in [6.07, 6.45) is 0. The molecule has 1 aromatic carbocycles. The number of carbonyl (C=O) groups excluding carboxylic acids is 1. The Morgan fingerprint density at radius 1 is 1.38 bits per heavy atom. The van der Waals surface area contributed by atoms with Gasteiger partial charge in [0.1, 0.15) is 14.1 Å². The molecule has 0 saturated heterocycles. The number of hydrogen-bond donors (Lipinski definition) is 1. The van der Waals surface area contributed by atoms with Crippen molar-refractivity contribution in [1.29, 1.82) is 0 Å². The van der Waals surface area contributed by atoms with Crippen molar-refractivity contribution in [3.63, 3.8) is 0 Å². The van der Waals surface area contributed by atoms with Gasteiger partial charge in [-0.2, -0.15) is 0 Å². The molecular formula is C15H12ClIN2OS. The van der Waals surface area contributed by atoms with Crippen LogP contribution in [0.25, 0.3) is 21.9 Å². The number of fused-ring (bicyclic) bond motifs is 3. The van der Waals surface area contributed by atoms with Crippen LogP contribution in [0.15, 0.2) is 30.3 Å². The Morgan fingerprint density at radius 2 is 2.19 bits per heavy atom. The quantitative estimate of drug-likeness (QED) is 0.272. The molecule has 0 aliphatic carbocycles. The molecule has 2 heterocycles. The van der Waals surface area contributed by atoms with Gasteiger partial charge < -0.3 is 4.98 Å². The van der Waals surface area contributed by atoms with E-state index in [1.165, 1.54) is 0 Å². The molecule has 6 heteroatoms. The summed E-state index contributed by atoms with van der Waals surface area (Å²) in [6.45, 7) is 2.06. The largest absolute Gasteiger partial charge is 0.339 e. The zero-order valence-corrected chi connectivity index (χ0v) is 14.9. The minimum atomic E-state index is -0.0529. The van der Waals surface area contributed by atoms with Gasteiger partial charge in [-0.25, -0.2) is 4.98 Å². The second kappa shape index (κ2) is 6.14. The van der Waals surface area contributed by atoms with Crippen molar-refractivity contribution < 1.29 is 4.79 Å². The molecule has 21 heavy (non-hydrogen) atoms. The summed E-state index contributed by atoms with van der Waals surface area (Å²) in [5.41, 5.74) is 2.44. The van der Waals surface area contributed by atoms with Gasteiger partial charge in [-0.05, 0) is 36.1 Å². The second-order valence-electron chi connectivity index (χ2n) is 4.55. The van der Waals surface area contributed by atoms with Crippen LogP contribution in [-0.4, -0.2) is 24.8 Å². The minimum Gasteiger partial charge on any atom is -0.339 e. The number of rotatable bonds is 4. The SMILES string of the molecule is CCSC(I)C(=O)c1ccc2[nH]c3nc(Cl)ccc3c2c1. The van der Waals surface area contributed by atoms with E-state index in [0.29, 0.717) is 5.15 Å². The lowest BCUT2D eigenvalue weighted by atomic mass is 10.1. The highest BCUT2D eigenvalue weighted by Crippen LogP contribution is 2.28. The van der Waals surface area contributed by atoms with Crippen LogP contribution in [0.5, 0.6) is 0 Å².